The minimum absolute atomic E-state index is 0.137. The van der Waals surface area contributed by atoms with Crippen LogP contribution in [-0.4, -0.2) is 47.9 Å². The van der Waals surface area contributed by atoms with Crippen molar-refractivity contribution < 1.29 is 23.5 Å². The summed E-state index contributed by atoms with van der Waals surface area (Å²) in [5, 5.41) is 5.79. The van der Waals surface area contributed by atoms with Crippen LogP contribution in [0.2, 0.25) is 0 Å². The SMILES string of the molecule is COc1ccc(NC(=O)C[C@H]2C(=O)N[C@@H]3CCCC[C@@H]3N2C(=O)c2ccc(F)cc2)cc1. The molecular weight excluding hydrogens is 413 g/mol. The van der Waals surface area contributed by atoms with Gasteiger partial charge in [-0.3, -0.25) is 14.4 Å². The first-order valence-electron chi connectivity index (χ1n) is 10.8. The Morgan fingerprint density at radius 3 is 2.47 bits per heavy atom. The van der Waals surface area contributed by atoms with Gasteiger partial charge >= 0.3 is 0 Å². The number of benzene rings is 2. The number of methoxy groups -OCH3 is 1. The van der Waals surface area contributed by atoms with Gasteiger partial charge in [0, 0.05) is 17.3 Å². The molecule has 8 heteroatoms. The Kier molecular flexibility index (Phi) is 6.39. The van der Waals surface area contributed by atoms with Crippen molar-refractivity contribution >= 4 is 23.4 Å². The second-order valence-corrected chi connectivity index (χ2v) is 8.18. The lowest BCUT2D eigenvalue weighted by Crippen LogP contribution is -2.68. The molecule has 2 aromatic carbocycles. The van der Waals surface area contributed by atoms with Crippen LogP contribution in [0, 0.1) is 5.82 Å². The lowest BCUT2D eigenvalue weighted by molar-refractivity contribution is -0.135. The van der Waals surface area contributed by atoms with E-state index in [0.29, 0.717) is 17.0 Å². The Hall–Kier alpha value is -3.42. The Morgan fingerprint density at radius 2 is 1.78 bits per heavy atom. The van der Waals surface area contributed by atoms with E-state index in [9.17, 15) is 18.8 Å². The molecule has 1 saturated heterocycles. The summed E-state index contributed by atoms with van der Waals surface area (Å²) in [5.74, 6) is -0.855. The minimum Gasteiger partial charge on any atom is -0.497 e. The maximum Gasteiger partial charge on any atom is 0.254 e. The van der Waals surface area contributed by atoms with E-state index in [-0.39, 0.29) is 36.2 Å². The molecule has 4 rings (SSSR count). The van der Waals surface area contributed by atoms with Crippen LogP contribution in [0.5, 0.6) is 5.75 Å². The fourth-order valence-electron chi connectivity index (χ4n) is 4.54. The molecule has 3 atom stereocenters. The molecule has 2 fully saturated rings. The van der Waals surface area contributed by atoms with Crippen molar-refractivity contribution in [3.8, 4) is 5.75 Å². The van der Waals surface area contributed by atoms with Gasteiger partial charge in [-0.15, -0.1) is 0 Å². The lowest BCUT2D eigenvalue weighted by atomic mass is 9.84. The molecule has 1 aliphatic carbocycles. The highest BCUT2D eigenvalue weighted by Crippen LogP contribution is 2.31. The summed E-state index contributed by atoms with van der Waals surface area (Å²) in [5.41, 5.74) is 0.866. The number of nitrogens with zero attached hydrogens (tertiary/aromatic N) is 1. The van der Waals surface area contributed by atoms with E-state index in [1.54, 1.807) is 36.3 Å². The number of fused-ring (bicyclic) bond motifs is 1. The molecule has 0 aromatic heterocycles. The molecule has 1 aliphatic heterocycles. The number of amides is 3. The van der Waals surface area contributed by atoms with Gasteiger partial charge < -0.3 is 20.3 Å². The lowest BCUT2D eigenvalue weighted by Gasteiger charge is -2.48. The fraction of sp³-hybridized carbons (Fsp3) is 0.375. The van der Waals surface area contributed by atoms with Crippen molar-refractivity contribution in [3.63, 3.8) is 0 Å². The Labute approximate surface area is 185 Å². The molecule has 0 radical (unpaired) electrons. The van der Waals surface area contributed by atoms with E-state index in [1.165, 1.54) is 24.3 Å². The van der Waals surface area contributed by atoms with Gasteiger partial charge in [-0.2, -0.15) is 0 Å². The highest BCUT2D eigenvalue weighted by atomic mass is 19.1. The third-order valence-electron chi connectivity index (χ3n) is 6.13. The Bertz CT molecular complexity index is 993. The number of halogens is 1. The first-order chi connectivity index (χ1) is 15.5. The van der Waals surface area contributed by atoms with Crippen molar-refractivity contribution in [2.75, 3.05) is 12.4 Å². The number of rotatable bonds is 5. The molecule has 3 amide bonds. The van der Waals surface area contributed by atoms with Gasteiger partial charge in [0.15, 0.2) is 0 Å². The molecule has 32 heavy (non-hydrogen) atoms. The van der Waals surface area contributed by atoms with Crippen molar-refractivity contribution in [2.24, 2.45) is 0 Å². The van der Waals surface area contributed by atoms with Gasteiger partial charge in [0.1, 0.15) is 17.6 Å². The molecule has 7 nitrogen and oxygen atoms in total. The van der Waals surface area contributed by atoms with E-state index < -0.39 is 11.9 Å². The summed E-state index contributed by atoms with van der Waals surface area (Å²) in [6.07, 6.45) is 3.27. The van der Waals surface area contributed by atoms with Crippen LogP contribution < -0.4 is 15.4 Å². The normalized spacial score (nSPS) is 22.5. The average molecular weight is 439 g/mol. The van der Waals surface area contributed by atoms with E-state index in [0.717, 1.165) is 25.7 Å². The first kappa shape index (κ1) is 21.8. The summed E-state index contributed by atoms with van der Waals surface area (Å²) in [4.78, 5) is 40.7. The summed E-state index contributed by atoms with van der Waals surface area (Å²) in [6, 6.07) is 10.9. The van der Waals surface area contributed by atoms with Gasteiger partial charge in [0.25, 0.3) is 5.91 Å². The molecule has 168 valence electrons. The average Bonchev–Trinajstić information content (AvgIpc) is 2.80. The van der Waals surface area contributed by atoms with Crippen LogP contribution in [0.4, 0.5) is 10.1 Å². The number of hydrogen-bond acceptors (Lipinski definition) is 4. The van der Waals surface area contributed by atoms with Crippen LogP contribution in [0.25, 0.3) is 0 Å². The second-order valence-electron chi connectivity index (χ2n) is 8.18. The molecule has 0 bridgehead atoms. The highest BCUT2D eigenvalue weighted by Gasteiger charge is 2.46. The van der Waals surface area contributed by atoms with Crippen LogP contribution >= 0.6 is 0 Å². The van der Waals surface area contributed by atoms with Crippen LogP contribution in [-0.2, 0) is 9.59 Å². The quantitative estimate of drug-likeness (QED) is 0.750. The first-order valence-corrected chi connectivity index (χ1v) is 10.8. The van der Waals surface area contributed by atoms with Gasteiger partial charge in [0.05, 0.1) is 19.6 Å². The second kappa shape index (κ2) is 9.38. The zero-order chi connectivity index (χ0) is 22.7. The van der Waals surface area contributed by atoms with E-state index >= 15 is 0 Å². The standard InChI is InChI=1S/C24H26FN3O4/c1-32-18-12-10-17(11-13-18)26-22(29)14-21-23(30)27-19-4-2-3-5-20(19)28(21)24(31)15-6-8-16(25)9-7-15/h6-13,19-21H,2-5,14H2,1H3,(H,26,29)(H,27,30)/t19-,20+,21+/m1/s1. The maximum absolute atomic E-state index is 13.4. The molecule has 2 aliphatic rings. The van der Waals surface area contributed by atoms with Crippen LogP contribution in [0.3, 0.4) is 0 Å². The van der Waals surface area contributed by atoms with Crippen molar-refractivity contribution in [1.29, 1.82) is 0 Å². The largest absolute Gasteiger partial charge is 0.497 e. The topological polar surface area (TPSA) is 87.7 Å². The molecule has 1 saturated carbocycles. The van der Waals surface area contributed by atoms with Crippen molar-refractivity contribution in [2.45, 2.75) is 50.2 Å². The number of hydrogen-bond donors (Lipinski definition) is 2. The monoisotopic (exact) mass is 439 g/mol. The molecule has 2 aromatic rings. The smallest absolute Gasteiger partial charge is 0.254 e. The predicted molar refractivity (Wildman–Crippen MR) is 117 cm³/mol. The third kappa shape index (κ3) is 4.59. The summed E-state index contributed by atoms with van der Waals surface area (Å²) < 4.78 is 18.5. The zero-order valence-corrected chi connectivity index (χ0v) is 17.8. The molecule has 0 spiro atoms. The summed E-state index contributed by atoms with van der Waals surface area (Å²) in [7, 11) is 1.56. The summed E-state index contributed by atoms with van der Waals surface area (Å²) >= 11 is 0. The minimum atomic E-state index is -0.940. The van der Waals surface area contributed by atoms with E-state index in [1.807, 2.05) is 0 Å². The Balaban J connectivity index is 1.56. The maximum atomic E-state index is 13.4. The molecule has 0 unspecified atom stereocenters. The van der Waals surface area contributed by atoms with Crippen molar-refractivity contribution in [3.05, 3.63) is 59.9 Å². The fourth-order valence-corrected chi connectivity index (χ4v) is 4.54. The van der Waals surface area contributed by atoms with E-state index in [2.05, 4.69) is 10.6 Å². The predicted octanol–water partition coefficient (Wildman–Crippen LogP) is 3.11. The van der Waals surface area contributed by atoms with Crippen molar-refractivity contribution in [1.82, 2.24) is 10.2 Å². The molecule has 2 N–H and O–H groups in total. The number of nitrogens with one attached hydrogen (secondary N) is 2. The molecule has 1 heterocycles. The molecular formula is C24H26FN3O4. The van der Waals surface area contributed by atoms with E-state index in [4.69, 9.17) is 4.74 Å². The number of ether oxygens (including phenoxy) is 1. The number of piperazine rings is 1. The van der Waals surface area contributed by atoms with Gasteiger partial charge in [-0.25, -0.2) is 4.39 Å². The van der Waals surface area contributed by atoms with Gasteiger partial charge in [-0.1, -0.05) is 12.8 Å². The zero-order valence-electron chi connectivity index (χ0n) is 17.8. The third-order valence-corrected chi connectivity index (χ3v) is 6.13. The van der Waals surface area contributed by atoms with Gasteiger partial charge in [-0.05, 0) is 61.4 Å². The van der Waals surface area contributed by atoms with Gasteiger partial charge in [0.2, 0.25) is 11.8 Å². The Morgan fingerprint density at radius 1 is 1.09 bits per heavy atom. The number of carbonyl (C=O) groups is 3. The summed E-state index contributed by atoms with van der Waals surface area (Å²) in [6.45, 7) is 0. The van der Waals surface area contributed by atoms with Crippen LogP contribution in [0.1, 0.15) is 42.5 Å². The van der Waals surface area contributed by atoms with Crippen LogP contribution in [0.15, 0.2) is 48.5 Å². The number of carbonyl (C=O) groups excluding carboxylic acids is 3. The number of anilines is 1. The highest BCUT2D eigenvalue weighted by molar-refractivity contribution is 6.01.